The van der Waals surface area contributed by atoms with Crippen molar-refractivity contribution >= 4 is 12.0 Å². The van der Waals surface area contributed by atoms with Crippen molar-refractivity contribution in [2.24, 2.45) is 5.92 Å². The maximum atomic E-state index is 12.0. The van der Waals surface area contributed by atoms with Crippen molar-refractivity contribution in [1.82, 2.24) is 25.2 Å². The van der Waals surface area contributed by atoms with E-state index in [-0.39, 0.29) is 11.7 Å². The molecule has 0 aromatic carbocycles. The number of hydrogen-bond acceptors (Lipinski definition) is 4. The van der Waals surface area contributed by atoms with Gasteiger partial charge in [-0.2, -0.15) is 0 Å². The van der Waals surface area contributed by atoms with Gasteiger partial charge in [0.2, 0.25) is 0 Å². The van der Waals surface area contributed by atoms with Crippen LogP contribution >= 0.6 is 0 Å². The molecule has 21 heavy (non-hydrogen) atoms. The first-order valence-corrected chi connectivity index (χ1v) is 7.26. The summed E-state index contributed by atoms with van der Waals surface area (Å²) in [6.45, 7) is 4.59. The number of carboxylic acids is 1. The van der Waals surface area contributed by atoms with E-state index in [1.165, 1.54) is 17.3 Å². The van der Waals surface area contributed by atoms with Gasteiger partial charge in [0.05, 0.1) is 12.7 Å². The first kappa shape index (κ1) is 15.3. The van der Waals surface area contributed by atoms with Crippen molar-refractivity contribution < 1.29 is 14.7 Å². The lowest BCUT2D eigenvalue weighted by Gasteiger charge is -2.17. The molecule has 0 aliphatic carbocycles. The SMILES string of the molecule is CCCC1CCN(C(=O)NCCn2cc(C(=O)O)nn2)C1. The Labute approximate surface area is 123 Å². The topological polar surface area (TPSA) is 100 Å². The zero-order valence-corrected chi connectivity index (χ0v) is 12.2. The summed E-state index contributed by atoms with van der Waals surface area (Å²) in [6.07, 6.45) is 4.74. The number of likely N-dealkylation sites (tertiary alicyclic amines) is 1. The molecule has 0 saturated carbocycles. The molecule has 1 unspecified atom stereocenters. The highest BCUT2D eigenvalue weighted by Gasteiger charge is 2.25. The monoisotopic (exact) mass is 295 g/mol. The van der Waals surface area contributed by atoms with Crippen molar-refractivity contribution in [3.63, 3.8) is 0 Å². The van der Waals surface area contributed by atoms with Crippen LogP contribution in [0.15, 0.2) is 6.20 Å². The number of urea groups is 1. The van der Waals surface area contributed by atoms with Crippen LogP contribution in [0.3, 0.4) is 0 Å². The average Bonchev–Trinajstić information content (AvgIpc) is 3.08. The van der Waals surface area contributed by atoms with Crippen LogP contribution in [-0.4, -0.2) is 56.6 Å². The first-order chi connectivity index (χ1) is 10.1. The molecule has 0 bridgehead atoms. The molecule has 2 N–H and O–H groups in total. The van der Waals surface area contributed by atoms with E-state index in [9.17, 15) is 9.59 Å². The van der Waals surface area contributed by atoms with E-state index in [0.29, 0.717) is 19.0 Å². The highest BCUT2D eigenvalue weighted by atomic mass is 16.4. The van der Waals surface area contributed by atoms with Crippen LogP contribution in [0.4, 0.5) is 4.79 Å². The van der Waals surface area contributed by atoms with E-state index in [1.807, 2.05) is 4.90 Å². The molecule has 1 saturated heterocycles. The van der Waals surface area contributed by atoms with Crippen LogP contribution in [0, 0.1) is 5.92 Å². The van der Waals surface area contributed by atoms with Crippen LogP contribution in [0.5, 0.6) is 0 Å². The summed E-state index contributed by atoms with van der Waals surface area (Å²) in [7, 11) is 0. The maximum Gasteiger partial charge on any atom is 0.358 e. The number of rotatable bonds is 6. The third kappa shape index (κ3) is 4.17. The van der Waals surface area contributed by atoms with Gasteiger partial charge in [-0.15, -0.1) is 5.10 Å². The van der Waals surface area contributed by atoms with Gasteiger partial charge in [-0.05, 0) is 18.8 Å². The molecular formula is C13H21N5O3. The zero-order chi connectivity index (χ0) is 15.2. The molecule has 1 aromatic rings. The summed E-state index contributed by atoms with van der Waals surface area (Å²) < 4.78 is 1.41. The van der Waals surface area contributed by atoms with Crippen molar-refractivity contribution in [3.8, 4) is 0 Å². The normalized spacial score (nSPS) is 18.0. The summed E-state index contributed by atoms with van der Waals surface area (Å²) in [4.78, 5) is 24.5. The zero-order valence-electron chi connectivity index (χ0n) is 12.2. The molecular weight excluding hydrogens is 274 g/mol. The second kappa shape index (κ2) is 7.05. The second-order valence-electron chi connectivity index (χ2n) is 5.29. The number of aromatic carboxylic acids is 1. The van der Waals surface area contributed by atoms with Gasteiger partial charge < -0.3 is 15.3 Å². The fourth-order valence-corrected chi connectivity index (χ4v) is 2.56. The Morgan fingerprint density at radius 1 is 1.52 bits per heavy atom. The summed E-state index contributed by atoms with van der Waals surface area (Å²) in [5, 5.41) is 18.8. The molecule has 0 radical (unpaired) electrons. The lowest BCUT2D eigenvalue weighted by molar-refractivity contribution is 0.0690. The van der Waals surface area contributed by atoms with Gasteiger partial charge in [0, 0.05) is 19.6 Å². The van der Waals surface area contributed by atoms with E-state index >= 15 is 0 Å². The van der Waals surface area contributed by atoms with Gasteiger partial charge in [-0.3, -0.25) is 0 Å². The molecule has 116 valence electrons. The molecule has 2 amide bonds. The minimum atomic E-state index is -1.11. The molecule has 1 atom stereocenters. The lowest BCUT2D eigenvalue weighted by Crippen LogP contribution is -2.39. The first-order valence-electron chi connectivity index (χ1n) is 7.26. The Bertz CT molecular complexity index is 502. The number of nitrogens with one attached hydrogen (secondary N) is 1. The lowest BCUT2D eigenvalue weighted by atomic mass is 10.0. The molecule has 2 rings (SSSR count). The third-order valence-corrected chi connectivity index (χ3v) is 3.64. The van der Waals surface area contributed by atoms with Crippen molar-refractivity contribution in [2.45, 2.75) is 32.7 Å². The largest absolute Gasteiger partial charge is 0.476 e. The summed E-state index contributed by atoms with van der Waals surface area (Å²) in [6, 6.07) is -0.0628. The molecule has 1 aliphatic rings. The van der Waals surface area contributed by atoms with Gasteiger partial charge >= 0.3 is 12.0 Å². The molecule has 1 aliphatic heterocycles. The van der Waals surface area contributed by atoms with Crippen molar-refractivity contribution in [3.05, 3.63) is 11.9 Å². The highest BCUT2D eigenvalue weighted by Crippen LogP contribution is 2.20. The molecule has 2 heterocycles. The number of aromatic nitrogens is 3. The van der Waals surface area contributed by atoms with Crippen molar-refractivity contribution in [1.29, 1.82) is 0 Å². The number of amides is 2. The third-order valence-electron chi connectivity index (χ3n) is 3.64. The van der Waals surface area contributed by atoms with E-state index in [0.717, 1.165) is 25.9 Å². The van der Waals surface area contributed by atoms with Crippen LogP contribution < -0.4 is 5.32 Å². The molecule has 0 spiro atoms. The summed E-state index contributed by atoms with van der Waals surface area (Å²) in [5.41, 5.74) is -0.0942. The Kier molecular flexibility index (Phi) is 5.13. The van der Waals surface area contributed by atoms with E-state index in [2.05, 4.69) is 22.6 Å². The Hall–Kier alpha value is -2.12. The fourth-order valence-electron chi connectivity index (χ4n) is 2.56. The maximum absolute atomic E-state index is 12.0. The quantitative estimate of drug-likeness (QED) is 0.808. The van der Waals surface area contributed by atoms with Gasteiger partial charge in [0.1, 0.15) is 0 Å². The van der Waals surface area contributed by atoms with Gasteiger partial charge in [-0.1, -0.05) is 18.6 Å². The Morgan fingerprint density at radius 3 is 3.00 bits per heavy atom. The Balaban J connectivity index is 1.70. The minimum absolute atomic E-state index is 0.0628. The second-order valence-corrected chi connectivity index (χ2v) is 5.29. The number of carbonyl (C=O) groups excluding carboxylic acids is 1. The Morgan fingerprint density at radius 2 is 2.33 bits per heavy atom. The van der Waals surface area contributed by atoms with Crippen molar-refractivity contribution in [2.75, 3.05) is 19.6 Å². The number of nitrogens with zero attached hydrogens (tertiary/aromatic N) is 4. The van der Waals surface area contributed by atoms with Gasteiger partial charge in [0.25, 0.3) is 0 Å². The van der Waals surface area contributed by atoms with Gasteiger partial charge in [0.15, 0.2) is 5.69 Å². The smallest absolute Gasteiger partial charge is 0.358 e. The molecule has 8 heteroatoms. The summed E-state index contributed by atoms with van der Waals surface area (Å²) in [5.74, 6) is -0.487. The minimum Gasteiger partial charge on any atom is -0.476 e. The van der Waals surface area contributed by atoms with Crippen LogP contribution in [0.1, 0.15) is 36.7 Å². The molecule has 1 fully saturated rings. The van der Waals surface area contributed by atoms with Gasteiger partial charge in [-0.25, -0.2) is 14.3 Å². The number of carboxylic acid groups (broad SMARTS) is 1. The van der Waals surface area contributed by atoms with Crippen LogP contribution in [0.2, 0.25) is 0 Å². The number of hydrogen-bond donors (Lipinski definition) is 2. The summed E-state index contributed by atoms with van der Waals surface area (Å²) >= 11 is 0. The highest BCUT2D eigenvalue weighted by molar-refractivity contribution is 5.84. The molecule has 1 aromatic heterocycles. The van der Waals surface area contributed by atoms with E-state index in [1.54, 1.807) is 0 Å². The number of carbonyl (C=O) groups is 2. The standard InChI is InChI=1S/C13H21N5O3/c1-2-3-10-4-6-17(8-10)13(21)14-5-7-18-9-11(12(19)20)15-16-18/h9-10H,2-8H2,1H3,(H,14,21)(H,19,20). The predicted octanol–water partition coefficient (Wildman–Crippen LogP) is 0.808. The molecule has 8 nitrogen and oxygen atoms in total. The van der Waals surface area contributed by atoms with Crippen LogP contribution in [0.25, 0.3) is 0 Å². The predicted molar refractivity (Wildman–Crippen MR) is 75.0 cm³/mol. The average molecular weight is 295 g/mol. The van der Waals surface area contributed by atoms with E-state index in [4.69, 9.17) is 5.11 Å². The fraction of sp³-hybridized carbons (Fsp3) is 0.692. The van der Waals surface area contributed by atoms with E-state index < -0.39 is 5.97 Å². The van der Waals surface area contributed by atoms with Crippen LogP contribution in [-0.2, 0) is 6.54 Å².